The molecular weight excluding hydrogens is 412 g/mol. The number of hydrogen-bond acceptors (Lipinski definition) is 6. The number of imide groups is 1. The molecule has 5 atom stereocenters. The average molecular weight is 445 g/mol. The van der Waals surface area contributed by atoms with Gasteiger partial charge in [-0.15, -0.1) is 0 Å². The number of carbonyl (C=O) groups excluding carboxylic acids is 3. The summed E-state index contributed by atoms with van der Waals surface area (Å²) in [5.74, 6) is -1.49. The summed E-state index contributed by atoms with van der Waals surface area (Å²) < 4.78 is 10.9. The molecule has 2 heterocycles. The molecular formula is C24H32N2O6. The van der Waals surface area contributed by atoms with Gasteiger partial charge in [-0.25, -0.2) is 14.5 Å². The van der Waals surface area contributed by atoms with Crippen LogP contribution in [0.25, 0.3) is 0 Å². The Morgan fingerprint density at radius 2 is 1.88 bits per heavy atom. The van der Waals surface area contributed by atoms with Crippen molar-refractivity contribution in [1.29, 1.82) is 0 Å². The zero-order valence-electron chi connectivity index (χ0n) is 19.3. The Morgan fingerprint density at radius 3 is 2.47 bits per heavy atom. The summed E-state index contributed by atoms with van der Waals surface area (Å²) in [6.07, 6.45) is -2.75. The summed E-state index contributed by atoms with van der Waals surface area (Å²) in [5, 5.41) is 11.0. The monoisotopic (exact) mass is 444 g/mol. The standard InChI is InChI=1S/C24H32N2O6/c1-14-12-18(25(13-14)22(29)32-24(4,5)6)19(27)15(2)21(28)26-16(3)20(31-23(26)30)17-10-8-7-9-11-17/h7-11,15-16,18-20,27H,1,12-13H2,2-6H3/t15?,16-,18+,19?,20-/m1/s1. The number of ether oxygens (including phenoxy) is 2. The summed E-state index contributed by atoms with van der Waals surface area (Å²) in [5.41, 5.74) is 0.858. The van der Waals surface area contributed by atoms with Crippen molar-refractivity contribution < 1.29 is 29.0 Å². The lowest BCUT2D eigenvalue weighted by Crippen LogP contribution is -2.51. The second kappa shape index (κ2) is 8.94. The van der Waals surface area contributed by atoms with Gasteiger partial charge in [0.1, 0.15) is 11.7 Å². The first kappa shape index (κ1) is 23.8. The van der Waals surface area contributed by atoms with Crippen LogP contribution >= 0.6 is 0 Å². The van der Waals surface area contributed by atoms with E-state index in [0.717, 1.165) is 16.0 Å². The maximum absolute atomic E-state index is 13.2. The van der Waals surface area contributed by atoms with Crippen molar-refractivity contribution >= 4 is 18.1 Å². The number of cyclic esters (lactones) is 1. The summed E-state index contributed by atoms with van der Waals surface area (Å²) in [4.78, 5) is 40.9. The highest BCUT2D eigenvalue weighted by Gasteiger charge is 2.48. The first-order valence-corrected chi connectivity index (χ1v) is 10.8. The van der Waals surface area contributed by atoms with E-state index in [0.29, 0.717) is 6.42 Å². The molecule has 2 unspecified atom stereocenters. The van der Waals surface area contributed by atoms with Gasteiger partial charge in [0.25, 0.3) is 0 Å². The third-order valence-corrected chi connectivity index (χ3v) is 5.85. The minimum absolute atomic E-state index is 0.246. The van der Waals surface area contributed by atoms with E-state index in [4.69, 9.17) is 9.47 Å². The van der Waals surface area contributed by atoms with E-state index in [1.807, 2.05) is 30.3 Å². The zero-order valence-corrected chi connectivity index (χ0v) is 19.3. The third kappa shape index (κ3) is 4.80. The molecule has 2 aliphatic rings. The van der Waals surface area contributed by atoms with Crippen LogP contribution in [0.2, 0.25) is 0 Å². The number of carbonyl (C=O) groups is 3. The van der Waals surface area contributed by atoms with Gasteiger partial charge in [0, 0.05) is 6.54 Å². The number of benzene rings is 1. The van der Waals surface area contributed by atoms with E-state index in [1.165, 1.54) is 4.90 Å². The van der Waals surface area contributed by atoms with E-state index in [9.17, 15) is 19.5 Å². The summed E-state index contributed by atoms with van der Waals surface area (Å²) in [6, 6.07) is 8.00. The first-order chi connectivity index (χ1) is 14.9. The minimum Gasteiger partial charge on any atom is -0.444 e. The molecule has 0 aliphatic carbocycles. The molecule has 32 heavy (non-hydrogen) atoms. The van der Waals surface area contributed by atoms with Crippen LogP contribution in [0.1, 0.15) is 52.7 Å². The summed E-state index contributed by atoms with van der Waals surface area (Å²) in [6.45, 7) is 12.8. The Labute approximate surface area is 188 Å². The van der Waals surface area contributed by atoms with Gasteiger partial charge in [0.2, 0.25) is 5.91 Å². The fourth-order valence-electron chi connectivity index (χ4n) is 4.20. The molecule has 2 fully saturated rings. The summed E-state index contributed by atoms with van der Waals surface area (Å²) in [7, 11) is 0. The zero-order chi connectivity index (χ0) is 23.8. The number of likely N-dealkylation sites (tertiary alicyclic amines) is 1. The van der Waals surface area contributed by atoms with Gasteiger partial charge < -0.3 is 14.6 Å². The number of aliphatic hydroxyl groups is 1. The highest BCUT2D eigenvalue weighted by Crippen LogP contribution is 2.35. The fraction of sp³-hybridized carbons (Fsp3) is 0.542. The van der Waals surface area contributed by atoms with Gasteiger partial charge in [-0.2, -0.15) is 0 Å². The van der Waals surface area contributed by atoms with E-state index in [-0.39, 0.29) is 6.54 Å². The molecule has 8 nitrogen and oxygen atoms in total. The SMILES string of the molecule is C=C1C[C@@H](C(O)C(C)C(=O)N2C(=O)O[C@@H](c3ccccc3)[C@H]2C)N(C(=O)OC(C)(C)C)C1. The molecule has 0 aromatic heterocycles. The lowest BCUT2D eigenvalue weighted by Gasteiger charge is -2.33. The molecule has 0 bridgehead atoms. The van der Waals surface area contributed by atoms with Crippen molar-refractivity contribution in [2.75, 3.05) is 6.54 Å². The minimum atomic E-state index is -1.20. The largest absolute Gasteiger partial charge is 0.444 e. The van der Waals surface area contributed by atoms with Crippen molar-refractivity contribution in [3.8, 4) is 0 Å². The Morgan fingerprint density at radius 1 is 1.25 bits per heavy atom. The van der Waals surface area contributed by atoms with E-state index in [1.54, 1.807) is 34.6 Å². The lowest BCUT2D eigenvalue weighted by molar-refractivity contribution is -0.137. The molecule has 2 aliphatic heterocycles. The van der Waals surface area contributed by atoms with Crippen molar-refractivity contribution in [2.24, 2.45) is 5.92 Å². The summed E-state index contributed by atoms with van der Waals surface area (Å²) >= 11 is 0. The molecule has 0 radical (unpaired) electrons. The molecule has 0 saturated carbocycles. The van der Waals surface area contributed by atoms with Crippen molar-refractivity contribution in [3.05, 3.63) is 48.0 Å². The Balaban J connectivity index is 1.75. The highest BCUT2D eigenvalue weighted by molar-refractivity contribution is 5.95. The number of nitrogens with zero attached hydrogens (tertiary/aromatic N) is 2. The Kier molecular flexibility index (Phi) is 6.64. The van der Waals surface area contributed by atoms with Gasteiger partial charge >= 0.3 is 12.2 Å². The first-order valence-electron chi connectivity index (χ1n) is 10.8. The van der Waals surface area contributed by atoms with Crippen LogP contribution < -0.4 is 0 Å². The van der Waals surface area contributed by atoms with Crippen LogP contribution in [0.5, 0.6) is 0 Å². The average Bonchev–Trinajstić information content (AvgIpc) is 3.25. The topological polar surface area (TPSA) is 96.4 Å². The van der Waals surface area contributed by atoms with E-state index >= 15 is 0 Å². The van der Waals surface area contributed by atoms with Crippen molar-refractivity contribution in [1.82, 2.24) is 9.80 Å². The molecule has 3 rings (SSSR count). The second-order valence-corrected chi connectivity index (χ2v) is 9.57. The maximum atomic E-state index is 13.2. The van der Waals surface area contributed by atoms with Gasteiger partial charge in [-0.05, 0) is 39.7 Å². The maximum Gasteiger partial charge on any atom is 0.417 e. The molecule has 0 spiro atoms. The van der Waals surface area contributed by atoms with Crippen LogP contribution in [-0.2, 0) is 14.3 Å². The van der Waals surface area contributed by atoms with Gasteiger partial charge in [0.05, 0.1) is 24.1 Å². The predicted octanol–water partition coefficient (Wildman–Crippen LogP) is 3.66. The predicted molar refractivity (Wildman–Crippen MR) is 118 cm³/mol. The van der Waals surface area contributed by atoms with Gasteiger partial charge in [0.15, 0.2) is 0 Å². The third-order valence-electron chi connectivity index (χ3n) is 5.85. The number of aliphatic hydroxyl groups excluding tert-OH is 1. The number of amides is 3. The Bertz CT molecular complexity index is 894. The van der Waals surface area contributed by atoms with E-state index < -0.39 is 53.9 Å². The quantitative estimate of drug-likeness (QED) is 0.712. The molecule has 1 aromatic rings. The van der Waals surface area contributed by atoms with Crippen LogP contribution in [0.3, 0.4) is 0 Å². The smallest absolute Gasteiger partial charge is 0.417 e. The van der Waals surface area contributed by atoms with Crippen molar-refractivity contribution in [2.45, 2.75) is 70.9 Å². The molecule has 1 aromatic carbocycles. The highest BCUT2D eigenvalue weighted by atomic mass is 16.6. The molecule has 1 N–H and O–H groups in total. The van der Waals surface area contributed by atoms with Crippen LogP contribution in [0.4, 0.5) is 9.59 Å². The molecule has 2 saturated heterocycles. The Hall–Kier alpha value is -2.87. The van der Waals surface area contributed by atoms with E-state index in [2.05, 4.69) is 6.58 Å². The van der Waals surface area contributed by atoms with Gasteiger partial charge in [-0.3, -0.25) is 9.69 Å². The van der Waals surface area contributed by atoms with Crippen LogP contribution in [0.15, 0.2) is 42.5 Å². The molecule has 3 amide bonds. The lowest BCUT2D eigenvalue weighted by atomic mass is 9.93. The van der Waals surface area contributed by atoms with Crippen molar-refractivity contribution in [3.63, 3.8) is 0 Å². The van der Waals surface area contributed by atoms with Gasteiger partial charge in [-0.1, -0.05) is 49.4 Å². The molecule has 8 heteroatoms. The normalized spacial score (nSPS) is 25.5. The number of rotatable bonds is 4. The number of hydrogen-bond donors (Lipinski definition) is 1. The fourth-order valence-corrected chi connectivity index (χ4v) is 4.20. The molecule has 174 valence electrons. The van der Waals surface area contributed by atoms with Crippen LogP contribution in [0, 0.1) is 5.92 Å². The van der Waals surface area contributed by atoms with Crippen LogP contribution in [-0.4, -0.2) is 63.3 Å². The second-order valence-electron chi connectivity index (χ2n) is 9.57.